The SMILES string of the molecule is CCOC(=O)/C=C1\CC(C)(C)Cc2ncccc21. The van der Waals surface area contributed by atoms with Gasteiger partial charge in [0.05, 0.1) is 6.61 Å². The van der Waals surface area contributed by atoms with E-state index in [0.717, 1.165) is 29.7 Å². The maximum Gasteiger partial charge on any atom is 0.331 e. The van der Waals surface area contributed by atoms with Gasteiger partial charge in [0, 0.05) is 18.0 Å². The van der Waals surface area contributed by atoms with Crippen molar-refractivity contribution in [2.24, 2.45) is 5.41 Å². The van der Waals surface area contributed by atoms with Gasteiger partial charge in [-0.1, -0.05) is 19.9 Å². The Balaban J connectivity index is 2.38. The van der Waals surface area contributed by atoms with Gasteiger partial charge < -0.3 is 4.74 Å². The minimum absolute atomic E-state index is 0.139. The van der Waals surface area contributed by atoms with Crippen LogP contribution in [0.3, 0.4) is 0 Å². The highest BCUT2D eigenvalue weighted by molar-refractivity contribution is 5.92. The van der Waals surface area contributed by atoms with Gasteiger partial charge in [0.2, 0.25) is 0 Å². The third-order valence-corrected chi connectivity index (χ3v) is 3.13. The lowest BCUT2D eigenvalue weighted by molar-refractivity contribution is -0.137. The molecule has 0 fully saturated rings. The van der Waals surface area contributed by atoms with Crippen LogP contribution in [0, 0.1) is 5.41 Å². The molecule has 1 aromatic heterocycles. The van der Waals surface area contributed by atoms with E-state index in [0.29, 0.717) is 6.61 Å². The molecule has 0 N–H and O–H groups in total. The van der Waals surface area contributed by atoms with Crippen LogP contribution in [-0.4, -0.2) is 17.6 Å². The molecule has 1 aliphatic carbocycles. The van der Waals surface area contributed by atoms with Crippen molar-refractivity contribution in [2.75, 3.05) is 6.61 Å². The number of esters is 1. The topological polar surface area (TPSA) is 39.2 Å². The van der Waals surface area contributed by atoms with E-state index >= 15 is 0 Å². The highest BCUT2D eigenvalue weighted by Crippen LogP contribution is 2.40. The number of allylic oxidation sites excluding steroid dienone is 1. The van der Waals surface area contributed by atoms with Crippen LogP contribution in [0.4, 0.5) is 0 Å². The van der Waals surface area contributed by atoms with Gasteiger partial charge in [-0.2, -0.15) is 0 Å². The number of pyridine rings is 1. The summed E-state index contributed by atoms with van der Waals surface area (Å²) < 4.78 is 4.99. The van der Waals surface area contributed by atoms with E-state index in [1.54, 1.807) is 6.08 Å². The molecule has 0 aliphatic heterocycles. The predicted octanol–water partition coefficient (Wildman–Crippen LogP) is 3.00. The van der Waals surface area contributed by atoms with E-state index in [4.69, 9.17) is 4.74 Å². The van der Waals surface area contributed by atoms with Crippen molar-refractivity contribution in [2.45, 2.75) is 33.6 Å². The molecule has 1 aliphatic rings. The van der Waals surface area contributed by atoms with E-state index in [-0.39, 0.29) is 11.4 Å². The van der Waals surface area contributed by atoms with Crippen LogP contribution < -0.4 is 0 Å². The molecule has 0 saturated carbocycles. The Labute approximate surface area is 108 Å². The second-order valence-corrected chi connectivity index (χ2v) is 5.44. The number of ether oxygens (including phenoxy) is 1. The Hall–Kier alpha value is -1.64. The molecule has 3 heteroatoms. The molecule has 0 saturated heterocycles. The lowest BCUT2D eigenvalue weighted by atomic mass is 9.73. The monoisotopic (exact) mass is 245 g/mol. The summed E-state index contributed by atoms with van der Waals surface area (Å²) in [5, 5.41) is 0. The molecule has 2 rings (SSSR count). The van der Waals surface area contributed by atoms with Gasteiger partial charge >= 0.3 is 5.97 Å². The largest absolute Gasteiger partial charge is 0.463 e. The Bertz CT molecular complexity index is 489. The zero-order valence-electron chi connectivity index (χ0n) is 11.2. The zero-order chi connectivity index (χ0) is 13.2. The van der Waals surface area contributed by atoms with Crippen molar-refractivity contribution in [3.8, 4) is 0 Å². The molecule has 3 nitrogen and oxygen atoms in total. The first-order chi connectivity index (χ1) is 8.52. The average molecular weight is 245 g/mol. The highest BCUT2D eigenvalue weighted by Gasteiger charge is 2.29. The minimum Gasteiger partial charge on any atom is -0.463 e. The Kier molecular flexibility index (Phi) is 3.50. The number of rotatable bonds is 2. The summed E-state index contributed by atoms with van der Waals surface area (Å²) in [4.78, 5) is 16.0. The molecule has 0 spiro atoms. The summed E-state index contributed by atoms with van der Waals surface area (Å²) in [6, 6.07) is 3.94. The van der Waals surface area contributed by atoms with Crippen LogP contribution in [0.5, 0.6) is 0 Å². The van der Waals surface area contributed by atoms with Crippen LogP contribution in [0.25, 0.3) is 5.57 Å². The Morgan fingerprint density at radius 2 is 2.28 bits per heavy atom. The zero-order valence-corrected chi connectivity index (χ0v) is 11.2. The molecule has 1 heterocycles. The normalized spacial score (nSPS) is 19.4. The van der Waals surface area contributed by atoms with E-state index in [1.165, 1.54) is 0 Å². The number of carbonyl (C=O) groups is 1. The fourth-order valence-corrected chi connectivity index (χ4v) is 2.45. The first-order valence-corrected chi connectivity index (χ1v) is 6.33. The first-order valence-electron chi connectivity index (χ1n) is 6.33. The Morgan fingerprint density at radius 3 is 3.00 bits per heavy atom. The van der Waals surface area contributed by atoms with Crippen molar-refractivity contribution >= 4 is 11.5 Å². The van der Waals surface area contributed by atoms with Crippen LogP contribution in [0.2, 0.25) is 0 Å². The number of nitrogens with zero attached hydrogens (tertiary/aromatic N) is 1. The van der Waals surface area contributed by atoms with Gasteiger partial charge in [-0.25, -0.2) is 4.79 Å². The molecular formula is C15H19NO2. The van der Waals surface area contributed by atoms with Gasteiger partial charge in [0.15, 0.2) is 0 Å². The summed E-state index contributed by atoms with van der Waals surface area (Å²) in [5.74, 6) is -0.264. The average Bonchev–Trinajstić information content (AvgIpc) is 2.27. The number of fused-ring (bicyclic) bond motifs is 1. The molecule has 0 radical (unpaired) electrons. The second kappa shape index (κ2) is 4.92. The van der Waals surface area contributed by atoms with Gasteiger partial charge in [0.25, 0.3) is 0 Å². The summed E-state index contributed by atoms with van der Waals surface area (Å²) in [7, 11) is 0. The van der Waals surface area contributed by atoms with Crippen LogP contribution >= 0.6 is 0 Å². The maximum absolute atomic E-state index is 11.6. The van der Waals surface area contributed by atoms with Crippen molar-refractivity contribution in [3.05, 3.63) is 35.7 Å². The summed E-state index contributed by atoms with van der Waals surface area (Å²) >= 11 is 0. The van der Waals surface area contributed by atoms with Crippen LogP contribution in [-0.2, 0) is 16.0 Å². The number of carbonyl (C=O) groups excluding carboxylic acids is 1. The molecule has 0 amide bonds. The minimum atomic E-state index is -0.264. The summed E-state index contributed by atoms with van der Waals surface area (Å²) in [5.41, 5.74) is 3.33. The molecule has 0 aromatic carbocycles. The van der Waals surface area contributed by atoms with E-state index in [2.05, 4.69) is 18.8 Å². The molecule has 96 valence electrons. The smallest absolute Gasteiger partial charge is 0.331 e. The molecule has 0 bridgehead atoms. The molecular weight excluding hydrogens is 226 g/mol. The molecule has 0 atom stereocenters. The summed E-state index contributed by atoms with van der Waals surface area (Å²) in [6.07, 6.45) is 5.25. The van der Waals surface area contributed by atoms with Gasteiger partial charge in [-0.05, 0) is 42.4 Å². The fourth-order valence-electron chi connectivity index (χ4n) is 2.45. The third-order valence-electron chi connectivity index (χ3n) is 3.13. The van der Waals surface area contributed by atoms with Gasteiger partial charge in [0.1, 0.15) is 0 Å². The van der Waals surface area contributed by atoms with Crippen molar-refractivity contribution in [3.63, 3.8) is 0 Å². The molecule has 1 aromatic rings. The van der Waals surface area contributed by atoms with Gasteiger partial charge in [-0.3, -0.25) is 4.98 Å². The van der Waals surface area contributed by atoms with Crippen LogP contribution in [0.1, 0.15) is 38.4 Å². The maximum atomic E-state index is 11.6. The summed E-state index contributed by atoms with van der Waals surface area (Å²) in [6.45, 7) is 6.62. The standard InChI is InChI=1S/C15H19NO2/c1-4-18-14(17)8-11-9-15(2,3)10-13-12(11)6-5-7-16-13/h5-8H,4,9-10H2,1-3H3/b11-8+. The lowest BCUT2D eigenvalue weighted by Gasteiger charge is -2.32. The van der Waals surface area contributed by atoms with Crippen LogP contribution in [0.15, 0.2) is 24.4 Å². The third kappa shape index (κ3) is 2.78. The Morgan fingerprint density at radius 1 is 1.50 bits per heavy atom. The van der Waals surface area contributed by atoms with E-state index < -0.39 is 0 Å². The highest BCUT2D eigenvalue weighted by atomic mass is 16.5. The predicted molar refractivity (Wildman–Crippen MR) is 70.9 cm³/mol. The van der Waals surface area contributed by atoms with Crippen molar-refractivity contribution in [1.29, 1.82) is 0 Å². The van der Waals surface area contributed by atoms with Crippen molar-refractivity contribution in [1.82, 2.24) is 4.98 Å². The number of hydrogen-bond acceptors (Lipinski definition) is 3. The fraction of sp³-hybridized carbons (Fsp3) is 0.467. The lowest BCUT2D eigenvalue weighted by Crippen LogP contribution is -2.23. The molecule has 0 unspecified atom stereocenters. The number of aromatic nitrogens is 1. The number of hydrogen-bond donors (Lipinski definition) is 0. The second-order valence-electron chi connectivity index (χ2n) is 5.44. The quantitative estimate of drug-likeness (QED) is 0.594. The van der Waals surface area contributed by atoms with Gasteiger partial charge in [-0.15, -0.1) is 0 Å². The molecule has 18 heavy (non-hydrogen) atoms. The van der Waals surface area contributed by atoms with Crippen molar-refractivity contribution < 1.29 is 9.53 Å². The van der Waals surface area contributed by atoms with E-state index in [1.807, 2.05) is 25.3 Å². The van der Waals surface area contributed by atoms with E-state index in [9.17, 15) is 4.79 Å². The first kappa shape index (κ1) is 12.8.